The zero-order valence-electron chi connectivity index (χ0n) is 15.0. The van der Waals surface area contributed by atoms with Gasteiger partial charge >= 0.3 is 0 Å². The van der Waals surface area contributed by atoms with Crippen LogP contribution in [0.2, 0.25) is 10.0 Å². The predicted molar refractivity (Wildman–Crippen MR) is 114 cm³/mol. The molecule has 0 heterocycles. The summed E-state index contributed by atoms with van der Waals surface area (Å²) >= 11 is 13.4. The van der Waals surface area contributed by atoms with Gasteiger partial charge in [-0.15, -0.1) is 0 Å². The van der Waals surface area contributed by atoms with Gasteiger partial charge in [0.25, 0.3) is 0 Å². The van der Waals surface area contributed by atoms with Crippen molar-refractivity contribution in [3.05, 3.63) is 63.9 Å². The summed E-state index contributed by atoms with van der Waals surface area (Å²) < 4.78 is 37.9. The van der Waals surface area contributed by atoms with Crippen LogP contribution in [0.15, 0.2) is 42.5 Å². The average molecular weight is 465 g/mol. The van der Waals surface area contributed by atoms with Gasteiger partial charge in [0.05, 0.1) is 22.0 Å². The lowest BCUT2D eigenvalue weighted by molar-refractivity contribution is -0.119. The van der Waals surface area contributed by atoms with Crippen LogP contribution in [0.1, 0.15) is 5.56 Å². The van der Waals surface area contributed by atoms with Crippen LogP contribution < -0.4 is 9.62 Å². The molecular weight excluding hydrogens is 446 g/mol. The van der Waals surface area contributed by atoms with Gasteiger partial charge in [0.2, 0.25) is 15.9 Å². The molecule has 0 aliphatic heterocycles. The molecule has 2 rings (SSSR count). The van der Waals surface area contributed by atoms with Gasteiger partial charge in [-0.25, -0.2) is 12.8 Å². The van der Waals surface area contributed by atoms with Crippen LogP contribution >= 0.6 is 35.0 Å². The number of anilines is 1. The highest BCUT2D eigenvalue weighted by molar-refractivity contribution is 7.98. The Morgan fingerprint density at radius 2 is 1.82 bits per heavy atom. The van der Waals surface area contributed by atoms with Gasteiger partial charge in [-0.2, -0.15) is 11.8 Å². The number of carbonyl (C=O) groups is 1. The number of rotatable bonds is 9. The third-order valence-corrected chi connectivity index (χ3v) is 6.53. The molecular formula is C18H19Cl2FN2O3S2. The van der Waals surface area contributed by atoms with Gasteiger partial charge in [-0.05, 0) is 42.0 Å². The lowest BCUT2D eigenvalue weighted by Gasteiger charge is -2.21. The quantitative estimate of drug-likeness (QED) is 0.570. The predicted octanol–water partition coefficient (Wildman–Crippen LogP) is 3.95. The number of sulfonamides is 1. The van der Waals surface area contributed by atoms with Crippen LogP contribution in [0, 0.1) is 5.82 Å². The molecule has 2 aromatic rings. The molecule has 2 aromatic carbocycles. The molecule has 0 bridgehead atoms. The van der Waals surface area contributed by atoms with E-state index in [-0.39, 0.29) is 12.2 Å². The van der Waals surface area contributed by atoms with E-state index in [1.807, 2.05) is 6.07 Å². The van der Waals surface area contributed by atoms with Crippen molar-refractivity contribution in [3.8, 4) is 0 Å². The van der Waals surface area contributed by atoms with E-state index in [0.29, 0.717) is 28.1 Å². The fraction of sp³-hybridized carbons (Fsp3) is 0.278. The van der Waals surface area contributed by atoms with E-state index in [0.717, 1.165) is 28.3 Å². The summed E-state index contributed by atoms with van der Waals surface area (Å²) in [6.07, 6.45) is 0.997. The molecule has 0 saturated carbocycles. The summed E-state index contributed by atoms with van der Waals surface area (Å²) in [6, 6.07) is 10.3. The second-order valence-electron chi connectivity index (χ2n) is 5.90. The Morgan fingerprint density at radius 1 is 1.14 bits per heavy atom. The SMILES string of the molecule is CS(=O)(=O)N(CC(=O)NCCSCc1ccc(Cl)c(Cl)c1)c1ccc(F)cc1. The summed E-state index contributed by atoms with van der Waals surface area (Å²) in [5.74, 6) is 0.421. The molecule has 0 spiro atoms. The molecule has 0 aliphatic rings. The van der Waals surface area contributed by atoms with Crippen LogP contribution in [0.3, 0.4) is 0 Å². The molecule has 0 atom stereocenters. The Bertz CT molecular complexity index is 925. The summed E-state index contributed by atoms with van der Waals surface area (Å²) in [5, 5.41) is 3.68. The number of halogens is 3. The zero-order chi connectivity index (χ0) is 20.7. The first kappa shape index (κ1) is 22.8. The van der Waals surface area contributed by atoms with Crippen molar-refractivity contribution in [2.24, 2.45) is 0 Å². The Morgan fingerprint density at radius 3 is 2.43 bits per heavy atom. The van der Waals surface area contributed by atoms with E-state index >= 15 is 0 Å². The Hall–Kier alpha value is -1.48. The summed E-state index contributed by atoms with van der Waals surface area (Å²) in [7, 11) is -3.68. The minimum Gasteiger partial charge on any atom is -0.354 e. The molecule has 28 heavy (non-hydrogen) atoms. The first-order valence-corrected chi connectivity index (χ1v) is 11.9. The van der Waals surface area contributed by atoms with Crippen molar-refractivity contribution in [3.63, 3.8) is 0 Å². The fourth-order valence-corrected chi connectivity index (χ4v) is 4.26. The van der Waals surface area contributed by atoms with Crippen LogP contribution in [0.5, 0.6) is 0 Å². The Labute approximate surface area is 178 Å². The highest BCUT2D eigenvalue weighted by atomic mass is 35.5. The normalized spacial score (nSPS) is 11.3. The van der Waals surface area contributed by atoms with E-state index in [9.17, 15) is 17.6 Å². The van der Waals surface area contributed by atoms with Gasteiger partial charge in [0.15, 0.2) is 0 Å². The van der Waals surface area contributed by atoms with Gasteiger partial charge in [0.1, 0.15) is 12.4 Å². The maximum absolute atomic E-state index is 13.0. The zero-order valence-corrected chi connectivity index (χ0v) is 18.1. The first-order chi connectivity index (χ1) is 13.2. The average Bonchev–Trinajstić information content (AvgIpc) is 2.62. The van der Waals surface area contributed by atoms with E-state index in [1.54, 1.807) is 23.9 Å². The standard InChI is InChI=1S/C18H19Cl2FN2O3S2/c1-28(25,26)23(15-5-3-14(21)4-6-15)11-18(24)22-8-9-27-12-13-2-7-16(19)17(20)10-13/h2-7,10H,8-9,11-12H2,1H3,(H,22,24). The van der Waals surface area contributed by atoms with Gasteiger partial charge in [-0.3, -0.25) is 9.10 Å². The second kappa shape index (κ2) is 10.3. The summed E-state index contributed by atoms with van der Waals surface area (Å²) in [4.78, 5) is 12.1. The number of nitrogens with one attached hydrogen (secondary N) is 1. The molecule has 10 heteroatoms. The smallest absolute Gasteiger partial charge is 0.240 e. The molecule has 0 radical (unpaired) electrons. The van der Waals surface area contributed by atoms with Crippen molar-refractivity contribution < 1.29 is 17.6 Å². The molecule has 0 fully saturated rings. The third kappa shape index (κ3) is 7.16. The number of carbonyl (C=O) groups excluding carboxylic acids is 1. The lowest BCUT2D eigenvalue weighted by atomic mass is 10.2. The van der Waals surface area contributed by atoms with E-state index < -0.39 is 21.7 Å². The largest absolute Gasteiger partial charge is 0.354 e. The lowest BCUT2D eigenvalue weighted by Crippen LogP contribution is -2.41. The molecule has 5 nitrogen and oxygen atoms in total. The topological polar surface area (TPSA) is 66.5 Å². The second-order valence-corrected chi connectivity index (χ2v) is 9.72. The highest BCUT2D eigenvalue weighted by Crippen LogP contribution is 2.24. The number of hydrogen-bond donors (Lipinski definition) is 1. The molecule has 152 valence electrons. The van der Waals surface area contributed by atoms with E-state index in [2.05, 4.69) is 5.32 Å². The molecule has 1 N–H and O–H groups in total. The van der Waals surface area contributed by atoms with E-state index in [4.69, 9.17) is 23.2 Å². The molecule has 0 saturated heterocycles. The molecule has 0 aliphatic carbocycles. The van der Waals surface area contributed by atoms with Gasteiger partial charge in [-0.1, -0.05) is 29.3 Å². The van der Waals surface area contributed by atoms with E-state index in [1.165, 1.54) is 12.1 Å². The number of amides is 1. The maximum atomic E-state index is 13.0. The van der Waals surface area contributed by atoms with Gasteiger partial charge in [0, 0.05) is 18.1 Å². The third-order valence-electron chi connectivity index (χ3n) is 3.62. The minimum absolute atomic E-state index is 0.230. The highest BCUT2D eigenvalue weighted by Gasteiger charge is 2.20. The van der Waals surface area contributed by atoms with Crippen molar-refractivity contribution in [2.45, 2.75) is 5.75 Å². The molecule has 0 aromatic heterocycles. The fourth-order valence-electron chi connectivity index (χ4n) is 2.28. The Balaban J connectivity index is 1.81. The molecule has 0 unspecified atom stereocenters. The first-order valence-electron chi connectivity index (χ1n) is 8.18. The minimum atomic E-state index is -3.68. The number of nitrogens with zero attached hydrogens (tertiary/aromatic N) is 1. The maximum Gasteiger partial charge on any atom is 0.240 e. The summed E-state index contributed by atoms with van der Waals surface area (Å²) in [5.41, 5.74) is 1.25. The van der Waals surface area contributed by atoms with Crippen LogP contribution in [-0.2, 0) is 20.6 Å². The summed E-state index contributed by atoms with van der Waals surface area (Å²) in [6.45, 7) is 0.00770. The van der Waals surface area contributed by atoms with Crippen molar-refractivity contribution in [2.75, 3.05) is 29.4 Å². The molecule has 1 amide bonds. The van der Waals surface area contributed by atoms with Crippen molar-refractivity contribution in [1.29, 1.82) is 0 Å². The van der Waals surface area contributed by atoms with Crippen LogP contribution in [-0.4, -0.2) is 39.4 Å². The van der Waals surface area contributed by atoms with Crippen molar-refractivity contribution >= 4 is 56.6 Å². The Kier molecular flexibility index (Phi) is 8.42. The van der Waals surface area contributed by atoms with Crippen LogP contribution in [0.25, 0.3) is 0 Å². The van der Waals surface area contributed by atoms with Gasteiger partial charge < -0.3 is 5.32 Å². The van der Waals surface area contributed by atoms with Crippen molar-refractivity contribution in [1.82, 2.24) is 5.32 Å². The number of hydrogen-bond acceptors (Lipinski definition) is 4. The van der Waals surface area contributed by atoms with Crippen LogP contribution in [0.4, 0.5) is 10.1 Å². The monoisotopic (exact) mass is 464 g/mol. The number of benzene rings is 2. The number of thioether (sulfide) groups is 1.